The number of rotatable bonds is 6. The van der Waals surface area contributed by atoms with E-state index >= 15 is 0 Å². The molecule has 0 bridgehead atoms. The summed E-state index contributed by atoms with van der Waals surface area (Å²) >= 11 is 1.64. The Labute approximate surface area is 149 Å². The number of benzene rings is 1. The predicted octanol–water partition coefficient (Wildman–Crippen LogP) is 4.74. The minimum atomic E-state index is -0.505. The summed E-state index contributed by atoms with van der Waals surface area (Å²) in [5.41, 5.74) is 1.37. The molecule has 128 valence electrons. The normalized spacial score (nSPS) is 15.1. The molecule has 1 amide bonds. The standard InChI is InChI=1S/C20H18FNO2S/c21-17-5-3-16(4-6-17)20(8-9-20)19(23)22(12-15-7-10-24-14-15)13-18-2-1-11-25-18/h1-7,10-11,14H,8-9,12-13H2. The van der Waals surface area contributed by atoms with E-state index in [1.165, 1.54) is 12.1 Å². The molecule has 3 aromatic rings. The number of carbonyl (C=O) groups is 1. The molecule has 1 aliphatic rings. The molecule has 0 spiro atoms. The number of furan rings is 1. The monoisotopic (exact) mass is 355 g/mol. The first-order chi connectivity index (χ1) is 12.2. The predicted molar refractivity (Wildman–Crippen MR) is 94.6 cm³/mol. The summed E-state index contributed by atoms with van der Waals surface area (Å²) in [4.78, 5) is 16.4. The molecule has 4 rings (SSSR count). The van der Waals surface area contributed by atoms with E-state index in [0.717, 1.165) is 28.8 Å². The number of carbonyl (C=O) groups excluding carboxylic acids is 1. The third-order valence-corrected chi connectivity index (χ3v) is 5.58. The average molecular weight is 355 g/mol. The fraction of sp³-hybridized carbons (Fsp3) is 0.250. The molecule has 0 unspecified atom stereocenters. The third kappa shape index (κ3) is 3.24. The molecule has 0 N–H and O–H groups in total. The van der Waals surface area contributed by atoms with Crippen LogP contribution in [0, 0.1) is 5.82 Å². The van der Waals surface area contributed by atoms with E-state index in [2.05, 4.69) is 0 Å². The Bertz CT molecular complexity index is 800. The van der Waals surface area contributed by atoms with Gasteiger partial charge in [-0.25, -0.2) is 4.39 Å². The zero-order valence-corrected chi connectivity index (χ0v) is 14.5. The molecule has 1 aromatic carbocycles. The molecule has 5 heteroatoms. The fourth-order valence-corrected chi connectivity index (χ4v) is 3.94. The maximum absolute atomic E-state index is 13.4. The number of hydrogen-bond donors (Lipinski definition) is 0. The zero-order chi connectivity index (χ0) is 17.3. The van der Waals surface area contributed by atoms with Gasteiger partial charge in [0.25, 0.3) is 0 Å². The SMILES string of the molecule is O=C(N(Cc1ccoc1)Cc1cccs1)C1(c2ccc(F)cc2)CC1. The van der Waals surface area contributed by atoms with Gasteiger partial charge in [-0.3, -0.25) is 4.79 Å². The van der Waals surface area contributed by atoms with Crippen molar-refractivity contribution in [2.75, 3.05) is 0 Å². The quantitative estimate of drug-likeness (QED) is 0.640. The van der Waals surface area contributed by atoms with Gasteiger partial charge >= 0.3 is 0 Å². The van der Waals surface area contributed by atoms with Crippen molar-refractivity contribution in [2.45, 2.75) is 31.3 Å². The Morgan fingerprint density at radius 1 is 1.16 bits per heavy atom. The van der Waals surface area contributed by atoms with Crippen LogP contribution in [0.1, 0.15) is 28.8 Å². The van der Waals surface area contributed by atoms with E-state index < -0.39 is 5.41 Å². The Morgan fingerprint density at radius 2 is 1.96 bits per heavy atom. The van der Waals surface area contributed by atoms with Crippen LogP contribution in [-0.4, -0.2) is 10.8 Å². The third-order valence-electron chi connectivity index (χ3n) is 4.72. The zero-order valence-electron chi connectivity index (χ0n) is 13.7. The Balaban J connectivity index is 1.61. The summed E-state index contributed by atoms with van der Waals surface area (Å²) < 4.78 is 18.4. The first kappa shape index (κ1) is 16.1. The summed E-state index contributed by atoms with van der Waals surface area (Å²) in [6, 6.07) is 12.3. The van der Waals surface area contributed by atoms with Crippen LogP contribution in [0.2, 0.25) is 0 Å². The second kappa shape index (κ2) is 6.48. The summed E-state index contributed by atoms with van der Waals surface area (Å²) in [6.45, 7) is 1.08. The highest BCUT2D eigenvalue weighted by Gasteiger charge is 2.53. The van der Waals surface area contributed by atoms with Crippen LogP contribution in [-0.2, 0) is 23.3 Å². The lowest BCUT2D eigenvalue weighted by atomic mass is 9.94. The smallest absolute Gasteiger partial charge is 0.233 e. The van der Waals surface area contributed by atoms with Crippen LogP contribution in [0.25, 0.3) is 0 Å². The summed E-state index contributed by atoms with van der Waals surface area (Å²) in [5, 5.41) is 2.02. The van der Waals surface area contributed by atoms with E-state index in [1.54, 1.807) is 36.0 Å². The molecule has 3 nitrogen and oxygen atoms in total. The van der Waals surface area contributed by atoms with Crippen LogP contribution in [0.3, 0.4) is 0 Å². The summed E-state index contributed by atoms with van der Waals surface area (Å²) in [5.74, 6) is -0.172. The van der Waals surface area contributed by atoms with Crippen molar-refractivity contribution in [1.29, 1.82) is 0 Å². The van der Waals surface area contributed by atoms with Crippen LogP contribution < -0.4 is 0 Å². The minimum absolute atomic E-state index is 0.105. The Kier molecular flexibility index (Phi) is 4.17. The average Bonchev–Trinajstić information content (AvgIpc) is 3.01. The highest BCUT2D eigenvalue weighted by Crippen LogP contribution is 2.50. The lowest BCUT2D eigenvalue weighted by Crippen LogP contribution is -2.38. The van der Waals surface area contributed by atoms with Crippen molar-refractivity contribution < 1.29 is 13.6 Å². The molecule has 2 aromatic heterocycles. The molecule has 1 aliphatic carbocycles. The maximum Gasteiger partial charge on any atom is 0.233 e. The molecule has 25 heavy (non-hydrogen) atoms. The van der Waals surface area contributed by atoms with Gasteiger partial charge in [-0.2, -0.15) is 0 Å². The van der Waals surface area contributed by atoms with E-state index in [-0.39, 0.29) is 11.7 Å². The first-order valence-electron chi connectivity index (χ1n) is 8.26. The topological polar surface area (TPSA) is 33.5 Å². The molecule has 0 radical (unpaired) electrons. The van der Waals surface area contributed by atoms with Gasteiger partial charge in [0, 0.05) is 17.0 Å². The number of nitrogens with zero attached hydrogens (tertiary/aromatic N) is 1. The maximum atomic E-state index is 13.4. The van der Waals surface area contributed by atoms with E-state index in [9.17, 15) is 9.18 Å². The largest absolute Gasteiger partial charge is 0.472 e. The highest BCUT2D eigenvalue weighted by molar-refractivity contribution is 7.09. The van der Waals surface area contributed by atoms with Gasteiger partial charge in [-0.1, -0.05) is 18.2 Å². The van der Waals surface area contributed by atoms with Crippen LogP contribution in [0.4, 0.5) is 4.39 Å². The molecule has 0 saturated heterocycles. The second-order valence-corrected chi connectivity index (χ2v) is 7.49. The van der Waals surface area contributed by atoms with Crippen molar-refractivity contribution in [1.82, 2.24) is 4.90 Å². The summed E-state index contributed by atoms with van der Waals surface area (Å²) in [7, 11) is 0. The number of hydrogen-bond acceptors (Lipinski definition) is 3. The summed E-state index contributed by atoms with van der Waals surface area (Å²) in [6.07, 6.45) is 4.91. The van der Waals surface area contributed by atoms with Gasteiger partial charge < -0.3 is 9.32 Å². The Hall–Kier alpha value is -2.40. The number of thiophene rings is 1. The van der Waals surface area contributed by atoms with Gasteiger partial charge in [0.2, 0.25) is 5.91 Å². The van der Waals surface area contributed by atoms with Gasteiger partial charge in [0.1, 0.15) is 5.82 Å². The van der Waals surface area contributed by atoms with Crippen molar-refractivity contribution >= 4 is 17.2 Å². The molecule has 0 atom stereocenters. The molecule has 0 aliphatic heterocycles. The van der Waals surface area contributed by atoms with Crippen molar-refractivity contribution in [3.63, 3.8) is 0 Å². The lowest BCUT2D eigenvalue weighted by molar-refractivity contribution is -0.135. The van der Waals surface area contributed by atoms with Gasteiger partial charge in [0.05, 0.1) is 24.5 Å². The molecular formula is C20H18FNO2S. The van der Waals surface area contributed by atoms with Gasteiger partial charge in [0.15, 0.2) is 0 Å². The van der Waals surface area contributed by atoms with Crippen LogP contribution in [0.5, 0.6) is 0 Å². The highest BCUT2D eigenvalue weighted by atomic mass is 32.1. The van der Waals surface area contributed by atoms with Gasteiger partial charge in [-0.05, 0) is 48.1 Å². The number of amides is 1. The minimum Gasteiger partial charge on any atom is -0.472 e. The van der Waals surface area contributed by atoms with Crippen molar-refractivity contribution in [3.05, 3.63) is 82.2 Å². The molecule has 2 heterocycles. The molecule has 1 fully saturated rings. The molecular weight excluding hydrogens is 337 g/mol. The first-order valence-corrected chi connectivity index (χ1v) is 9.14. The van der Waals surface area contributed by atoms with E-state index in [0.29, 0.717) is 13.1 Å². The van der Waals surface area contributed by atoms with Crippen molar-refractivity contribution in [3.8, 4) is 0 Å². The van der Waals surface area contributed by atoms with Gasteiger partial charge in [-0.15, -0.1) is 11.3 Å². The molecule has 1 saturated carbocycles. The van der Waals surface area contributed by atoms with E-state index in [1.807, 2.05) is 28.5 Å². The Morgan fingerprint density at radius 3 is 2.56 bits per heavy atom. The van der Waals surface area contributed by atoms with Crippen molar-refractivity contribution in [2.24, 2.45) is 0 Å². The number of halogens is 1. The van der Waals surface area contributed by atoms with E-state index in [4.69, 9.17) is 4.42 Å². The second-order valence-electron chi connectivity index (χ2n) is 6.46. The van der Waals surface area contributed by atoms with Crippen LogP contribution in [0.15, 0.2) is 64.8 Å². The fourth-order valence-electron chi connectivity index (χ4n) is 3.22. The lowest BCUT2D eigenvalue weighted by Gasteiger charge is -2.27. The van der Waals surface area contributed by atoms with Crippen LogP contribution >= 0.6 is 11.3 Å².